The van der Waals surface area contributed by atoms with Crippen LogP contribution in [0.3, 0.4) is 0 Å². The molecule has 0 heterocycles. The molecule has 0 radical (unpaired) electrons. The van der Waals surface area contributed by atoms with E-state index in [4.69, 9.17) is 0 Å². The van der Waals surface area contributed by atoms with E-state index in [0.29, 0.717) is 11.1 Å². The molecule has 2 heteroatoms. The number of benzene rings is 4. The molecular formula is C26H18O2. The topological polar surface area (TPSA) is 34.1 Å². The molecule has 2 nitrogen and oxygen atoms in total. The van der Waals surface area contributed by atoms with E-state index in [-0.39, 0.29) is 0 Å². The van der Waals surface area contributed by atoms with Gasteiger partial charge in [-0.1, -0.05) is 97.1 Å². The summed E-state index contributed by atoms with van der Waals surface area (Å²) in [6.45, 7) is 0. The molecule has 0 aliphatic carbocycles. The molecule has 0 amide bonds. The standard InChI is InChI=1S/C26H18O2/c27-25(23-15-7-13-21(17-23)19-9-3-1-4-10-19)26(28)24-16-8-14-22(18-24)20-11-5-2-6-12-20/h1-18H. The summed E-state index contributed by atoms with van der Waals surface area (Å²) in [5.41, 5.74) is 4.65. The third kappa shape index (κ3) is 3.67. The molecule has 0 N–H and O–H groups in total. The Labute approximate surface area is 164 Å². The molecule has 0 atom stereocenters. The van der Waals surface area contributed by atoms with E-state index in [9.17, 15) is 9.59 Å². The zero-order valence-electron chi connectivity index (χ0n) is 15.2. The third-order valence-electron chi connectivity index (χ3n) is 4.67. The maximum Gasteiger partial charge on any atom is 0.233 e. The highest BCUT2D eigenvalue weighted by Gasteiger charge is 2.19. The van der Waals surface area contributed by atoms with Crippen molar-refractivity contribution < 1.29 is 9.59 Å². The monoisotopic (exact) mass is 362 g/mol. The van der Waals surface area contributed by atoms with Gasteiger partial charge >= 0.3 is 0 Å². The van der Waals surface area contributed by atoms with E-state index in [2.05, 4.69) is 0 Å². The van der Waals surface area contributed by atoms with Gasteiger partial charge in [-0.3, -0.25) is 9.59 Å². The first-order valence-electron chi connectivity index (χ1n) is 9.12. The van der Waals surface area contributed by atoms with Crippen molar-refractivity contribution in [2.45, 2.75) is 0 Å². The fraction of sp³-hybridized carbons (Fsp3) is 0. The molecule has 0 saturated heterocycles. The predicted molar refractivity (Wildman–Crippen MR) is 112 cm³/mol. The fourth-order valence-electron chi connectivity index (χ4n) is 3.20. The molecule has 134 valence electrons. The van der Waals surface area contributed by atoms with Gasteiger partial charge in [0.2, 0.25) is 11.6 Å². The maximum absolute atomic E-state index is 12.8. The fourth-order valence-corrected chi connectivity index (χ4v) is 3.20. The summed E-state index contributed by atoms with van der Waals surface area (Å²) in [5, 5.41) is 0. The SMILES string of the molecule is O=C(C(=O)c1cccc(-c2ccccc2)c1)c1cccc(-c2ccccc2)c1. The van der Waals surface area contributed by atoms with E-state index >= 15 is 0 Å². The van der Waals surface area contributed by atoms with Crippen LogP contribution in [0.2, 0.25) is 0 Å². The Morgan fingerprint density at radius 1 is 0.393 bits per heavy atom. The van der Waals surface area contributed by atoms with Crippen LogP contribution in [0.15, 0.2) is 109 Å². The molecule has 28 heavy (non-hydrogen) atoms. The van der Waals surface area contributed by atoms with Crippen LogP contribution in [0.5, 0.6) is 0 Å². The number of Topliss-reactive ketones (excluding diaryl/α,β-unsaturated/α-hetero) is 2. The van der Waals surface area contributed by atoms with Crippen molar-refractivity contribution in [1.29, 1.82) is 0 Å². The van der Waals surface area contributed by atoms with Gasteiger partial charge in [0.1, 0.15) is 0 Å². The lowest BCUT2D eigenvalue weighted by Gasteiger charge is -2.07. The Morgan fingerprint density at radius 2 is 0.750 bits per heavy atom. The minimum absolute atomic E-state index is 0.400. The van der Waals surface area contributed by atoms with E-state index in [1.54, 1.807) is 24.3 Å². The van der Waals surface area contributed by atoms with Crippen LogP contribution in [0.25, 0.3) is 22.3 Å². The molecule has 0 saturated carbocycles. The summed E-state index contributed by atoms with van der Waals surface area (Å²) in [6, 6.07) is 34.0. The van der Waals surface area contributed by atoms with Gasteiger partial charge in [-0.05, 0) is 34.4 Å². The van der Waals surface area contributed by atoms with Gasteiger partial charge in [0.15, 0.2) is 0 Å². The van der Waals surface area contributed by atoms with Gasteiger partial charge in [-0.25, -0.2) is 0 Å². The zero-order valence-corrected chi connectivity index (χ0v) is 15.2. The average molecular weight is 362 g/mol. The maximum atomic E-state index is 12.8. The molecule has 0 fully saturated rings. The van der Waals surface area contributed by atoms with Crippen molar-refractivity contribution in [2.75, 3.05) is 0 Å². The molecule has 0 unspecified atom stereocenters. The Bertz CT molecular complexity index is 1040. The van der Waals surface area contributed by atoms with Gasteiger partial charge in [0.25, 0.3) is 0 Å². The normalized spacial score (nSPS) is 10.4. The van der Waals surface area contributed by atoms with Crippen LogP contribution in [0.1, 0.15) is 20.7 Å². The summed E-state index contributed by atoms with van der Waals surface area (Å²) >= 11 is 0. The number of ketones is 2. The van der Waals surface area contributed by atoms with Gasteiger partial charge in [0.05, 0.1) is 0 Å². The highest BCUT2D eigenvalue weighted by atomic mass is 16.2. The average Bonchev–Trinajstić information content (AvgIpc) is 2.79. The lowest BCUT2D eigenvalue weighted by Crippen LogP contribution is -2.14. The van der Waals surface area contributed by atoms with E-state index < -0.39 is 11.6 Å². The van der Waals surface area contributed by atoms with Gasteiger partial charge < -0.3 is 0 Å². The molecule has 4 rings (SSSR count). The minimum Gasteiger partial charge on any atom is -0.285 e. The van der Waals surface area contributed by atoms with Crippen molar-refractivity contribution in [3.05, 3.63) is 120 Å². The molecule has 0 spiro atoms. The number of hydrogen-bond donors (Lipinski definition) is 0. The number of carbonyl (C=O) groups is 2. The number of hydrogen-bond acceptors (Lipinski definition) is 2. The summed E-state index contributed by atoms with van der Waals surface area (Å²) in [4.78, 5) is 25.7. The van der Waals surface area contributed by atoms with Crippen LogP contribution in [0.4, 0.5) is 0 Å². The zero-order chi connectivity index (χ0) is 19.3. The summed E-state index contributed by atoms with van der Waals surface area (Å²) in [5.74, 6) is -0.994. The second-order valence-electron chi connectivity index (χ2n) is 6.55. The highest BCUT2D eigenvalue weighted by molar-refractivity contribution is 6.49. The largest absolute Gasteiger partial charge is 0.285 e. The second kappa shape index (κ2) is 7.85. The summed E-state index contributed by atoms with van der Waals surface area (Å²) in [6.07, 6.45) is 0. The molecule has 0 aromatic heterocycles. The van der Waals surface area contributed by atoms with Crippen LogP contribution in [-0.2, 0) is 0 Å². The smallest absolute Gasteiger partial charge is 0.233 e. The lowest BCUT2D eigenvalue weighted by atomic mass is 9.95. The van der Waals surface area contributed by atoms with Crippen LogP contribution >= 0.6 is 0 Å². The van der Waals surface area contributed by atoms with Crippen molar-refractivity contribution in [3.8, 4) is 22.3 Å². The third-order valence-corrected chi connectivity index (χ3v) is 4.67. The van der Waals surface area contributed by atoms with E-state index in [1.165, 1.54) is 0 Å². The Morgan fingerprint density at radius 3 is 1.14 bits per heavy atom. The molecule has 0 bridgehead atoms. The molecular weight excluding hydrogens is 344 g/mol. The van der Waals surface area contributed by atoms with Gasteiger partial charge in [-0.15, -0.1) is 0 Å². The summed E-state index contributed by atoms with van der Waals surface area (Å²) < 4.78 is 0. The van der Waals surface area contributed by atoms with Crippen molar-refractivity contribution >= 4 is 11.6 Å². The molecule has 4 aromatic rings. The Hall–Kier alpha value is -3.78. The molecule has 4 aromatic carbocycles. The van der Waals surface area contributed by atoms with Gasteiger partial charge in [-0.2, -0.15) is 0 Å². The highest BCUT2D eigenvalue weighted by Crippen LogP contribution is 2.23. The quantitative estimate of drug-likeness (QED) is 0.318. The Kier molecular flexibility index (Phi) is 4.94. The molecule has 0 aliphatic rings. The first-order chi connectivity index (χ1) is 13.7. The summed E-state index contributed by atoms with van der Waals surface area (Å²) in [7, 11) is 0. The first kappa shape index (κ1) is 17.6. The van der Waals surface area contributed by atoms with E-state index in [0.717, 1.165) is 22.3 Å². The van der Waals surface area contributed by atoms with Crippen molar-refractivity contribution in [2.24, 2.45) is 0 Å². The number of rotatable bonds is 5. The van der Waals surface area contributed by atoms with Crippen LogP contribution in [0, 0.1) is 0 Å². The lowest BCUT2D eigenvalue weighted by molar-refractivity contribution is 0.0817. The minimum atomic E-state index is -0.497. The molecule has 0 aliphatic heterocycles. The van der Waals surface area contributed by atoms with Crippen molar-refractivity contribution in [1.82, 2.24) is 0 Å². The van der Waals surface area contributed by atoms with E-state index in [1.807, 2.05) is 84.9 Å². The van der Waals surface area contributed by atoms with Crippen molar-refractivity contribution in [3.63, 3.8) is 0 Å². The van der Waals surface area contributed by atoms with Crippen LogP contribution in [-0.4, -0.2) is 11.6 Å². The van der Waals surface area contributed by atoms with Crippen LogP contribution < -0.4 is 0 Å². The number of carbonyl (C=O) groups excluding carboxylic acids is 2. The predicted octanol–water partition coefficient (Wildman–Crippen LogP) is 6.09. The Balaban J connectivity index is 1.64. The van der Waals surface area contributed by atoms with Gasteiger partial charge in [0, 0.05) is 11.1 Å². The first-order valence-corrected chi connectivity index (χ1v) is 9.12. The second-order valence-corrected chi connectivity index (χ2v) is 6.55.